The van der Waals surface area contributed by atoms with Crippen LogP contribution in [0.4, 0.5) is 0 Å². The maximum Gasteiger partial charge on any atom is 0.237 e. The fraction of sp³-hybridized carbons (Fsp3) is 0.708. The van der Waals surface area contributed by atoms with Crippen LogP contribution < -0.4 is 14.8 Å². The van der Waals surface area contributed by atoms with Gasteiger partial charge in [-0.15, -0.1) is 0 Å². The van der Waals surface area contributed by atoms with Gasteiger partial charge in [0.05, 0.1) is 11.6 Å². The molecule has 4 aliphatic carbocycles. The number of rotatable bonds is 3. The second-order valence-electron chi connectivity index (χ2n) is 10.4. The number of carbonyl (C=O) groups is 1. The summed E-state index contributed by atoms with van der Waals surface area (Å²) >= 11 is 0. The first-order valence-corrected chi connectivity index (χ1v) is 11.7. The lowest BCUT2D eigenvalue weighted by molar-refractivity contribution is -0.148. The molecule has 4 saturated carbocycles. The van der Waals surface area contributed by atoms with E-state index in [2.05, 4.69) is 16.3 Å². The summed E-state index contributed by atoms with van der Waals surface area (Å²) in [6.45, 7) is 4.06. The van der Waals surface area contributed by atoms with Crippen molar-refractivity contribution in [3.05, 3.63) is 23.3 Å². The minimum Gasteiger partial charge on any atom is -0.454 e. The lowest BCUT2D eigenvalue weighted by Crippen LogP contribution is -2.63. The molecule has 162 valence electrons. The number of hydrogen-bond acceptors (Lipinski definition) is 5. The van der Waals surface area contributed by atoms with Crippen LogP contribution in [-0.2, 0) is 17.6 Å². The highest BCUT2D eigenvalue weighted by atomic mass is 16.7. The second-order valence-corrected chi connectivity index (χ2v) is 10.4. The number of carbonyl (C=O) groups excluding carboxylic acids is 1. The van der Waals surface area contributed by atoms with Gasteiger partial charge in [0.1, 0.15) is 0 Å². The van der Waals surface area contributed by atoms with E-state index >= 15 is 0 Å². The van der Waals surface area contributed by atoms with Crippen LogP contribution in [0.3, 0.4) is 0 Å². The SMILES string of the molecule is CC(C(=O)NC1C2CC3CC1CC(O)(C3)C2)N1CCc2ccc3c(c2CC1)OCO3. The van der Waals surface area contributed by atoms with E-state index in [-0.39, 0.29) is 18.0 Å². The van der Waals surface area contributed by atoms with Gasteiger partial charge < -0.3 is 19.9 Å². The van der Waals surface area contributed by atoms with E-state index in [4.69, 9.17) is 9.47 Å². The van der Waals surface area contributed by atoms with Gasteiger partial charge in [-0.3, -0.25) is 9.69 Å². The number of amides is 1. The molecule has 2 heterocycles. The van der Waals surface area contributed by atoms with E-state index in [1.165, 1.54) is 24.0 Å². The third-order valence-corrected chi connectivity index (χ3v) is 8.53. The van der Waals surface area contributed by atoms with Gasteiger partial charge in [0.25, 0.3) is 0 Å². The Morgan fingerprint density at radius 1 is 1.17 bits per heavy atom. The average molecular weight is 413 g/mol. The van der Waals surface area contributed by atoms with E-state index in [0.29, 0.717) is 24.5 Å². The molecular formula is C24H32N2O4. The predicted octanol–water partition coefficient (Wildman–Crippen LogP) is 2.26. The molecule has 3 unspecified atom stereocenters. The van der Waals surface area contributed by atoms with E-state index < -0.39 is 5.60 Å². The maximum absolute atomic E-state index is 13.2. The first-order valence-electron chi connectivity index (χ1n) is 11.7. The molecule has 0 radical (unpaired) electrons. The van der Waals surface area contributed by atoms with Gasteiger partial charge in [0.15, 0.2) is 11.5 Å². The molecule has 1 amide bonds. The van der Waals surface area contributed by atoms with Crippen molar-refractivity contribution < 1.29 is 19.4 Å². The molecule has 6 aliphatic rings. The summed E-state index contributed by atoms with van der Waals surface area (Å²) in [6, 6.07) is 4.25. The topological polar surface area (TPSA) is 71.0 Å². The number of ether oxygens (including phenoxy) is 2. The van der Waals surface area contributed by atoms with Crippen LogP contribution in [0, 0.1) is 17.8 Å². The lowest BCUT2D eigenvalue weighted by atomic mass is 9.52. The van der Waals surface area contributed by atoms with Crippen molar-refractivity contribution in [3.8, 4) is 11.5 Å². The summed E-state index contributed by atoms with van der Waals surface area (Å²) in [4.78, 5) is 15.5. The van der Waals surface area contributed by atoms with Crippen molar-refractivity contribution in [2.45, 2.75) is 69.6 Å². The molecule has 3 atom stereocenters. The lowest BCUT2D eigenvalue weighted by Gasteiger charge is -2.58. The summed E-state index contributed by atoms with van der Waals surface area (Å²) in [7, 11) is 0. The molecule has 7 rings (SSSR count). The van der Waals surface area contributed by atoms with Crippen LogP contribution in [-0.4, -0.2) is 53.5 Å². The van der Waals surface area contributed by atoms with Crippen molar-refractivity contribution in [3.63, 3.8) is 0 Å². The fourth-order valence-electron chi connectivity index (χ4n) is 7.27. The Labute approximate surface area is 177 Å². The molecule has 6 heteroatoms. The highest BCUT2D eigenvalue weighted by Crippen LogP contribution is 2.55. The van der Waals surface area contributed by atoms with E-state index in [1.54, 1.807) is 0 Å². The summed E-state index contributed by atoms with van der Waals surface area (Å²) < 4.78 is 11.3. The van der Waals surface area contributed by atoms with Crippen LogP contribution in [0.1, 0.15) is 50.2 Å². The normalized spacial score (nSPS) is 37.5. The maximum atomic E-state index is 13.2. The molecule has 1 aromatic carbocycles. The van der Waals surface area contributed by atoms with Gasteiger partial charge in [-0.2, -0.15) is 0 Å². The van der Waals surface area contributed by atoms with Gasteiger partial charge in [-0.05, 0) is 81.3 Å². The fourth-order valence-corrected chi connectivity index (χ4v) is 7.27. The first kappa shape index (κ1) is 18.9. The highest BCUT2D eigenvalue weighted by molar-refractivity contribution is 5.81. The number of nitrogens with one attached hydrogen (secondary N) is 1. The Morgan fingerprint density at radius 2 is 1.93 bits per heavy atom. The zero-order valence-corrected chi connectivity index (χ0v) is 17.7. The van der Waals surface area contributed by atoms with Crippen molar-refractivity contribution in [2.24, 2.45) is 17.8 Å². The minimum atomic E-state index is -0.452. The van der Waals surface area contributed by atoms with Gasteiger partial charge >= 0.3 is 0 Å². The zero-order chi connectivity index (χ0) is 20.5. The molecule has 2 N–H and O–H groups in total. The summed E-state index contributed by atoms with van der Waals surface area (Å²) in [5.74, 6) is 3.45. The third kappa shape index (κ3) is 3.02. The smallest absolute Gasteiger partial charge is 0.237 e. The molecule has 6 nitrogen and oxygen atoms in total. The molecule has 4 bridgehead atoms. The zero-order valence-electron chi connectivity index (χ0n) is 17.7. The van der Waals surface area contributed by atoms with Crippen LogP contribution in [0.25, 0.3) is 0 Å². The molecule has 0 saturated heterocycles. The van der Waals surface area contributed by atoms with Crippen molar-refractivity contribution in [2.75, 3.05) is 19.9 Å². The van der Waals surface area contributed by atoms with Crippen molar-refractivity contribution >= 4 is 5.91 Å². The van der Waals surface area contributed by atoms with Gasteiger partial charge in [0, 0.05) is 24.7 Å². The summed E-state index contributed by atoms with van der Waals surface area (Å²) in [5, 5.41) is 14.2. The van der Waals surface area contributed by atoms with Crippen LogP contribution in [0.2, 0.25) is 0 Å². The molecular weight excluding hydrogens is 380 g/mol. The Hall–Kier alpha value is -1.79. The molecule has 0 spiro atoms. The quantitative estimate of drug-likeness (QED) is 0.797. The van der Waals surface area contributed by atoms with Gasteiger partial charge in [-0.1, -0.05) is 6.07 Å². The van der Waals surface area contributed by atoms with Crippen molar-refractivity contribution in [1.29, 1.82) is 0 Å². The molecule has 30 heavy (non-hydrogen) atoms. The van der Waals surface area contributed by atoms with Crippen LogP contribution in [0.15, 0.2) is 12.1 Å². The number of benzene rings is 1. The number of aliphatic hydroxyl groups is 1. The molecule has 0 aromatic heterocycles. The first-order chi connectivity index (χ1) is 14.5. The number of fused-ring (bicyclic) bond motifs is 3. The monoisotopic (exact) mass is 412 g/mol. The van der Waals surface area contributed by atoms with Gasteiger partial charge in [-0.25, -0.2) is 0 Å². The largest absolute Gasteiger partial charge is 0.454 e. The molecule has 2 aliphatic heterocycles. The van der Waals surface area contributed by atoms with Crippen molar-refractivity contribution in [1.82, 2.24) is 10.2 Å². The third-order valence-electron chi connectivity index (χ3n) is 8.53. The Morgan fingerprint density at radius 3 is 2.70 bits per heavy atom. The van der Waals surface area contributed by atoms with Crippen LogP contribution >= 0.6 is 0 Å². The van der Waals surface area contributed by atoms with E-state index in [9.17, 15) is 9.90 Å². The van der Waals surface area contributed by atoms with E-state index in [0.717, 1.165) is 56.7 Å². The number of hydrogen-bond donors (Lipinski definition) is 2. The highest BCUT2D eigenvalue weighted by Gasteiger charge is 2.55. The Balaban J connectivity index is 1.12. The average Bonchev–Trinajstić information content (AvgIpc) is 3.08. The van der Waals surface area contributed by atoms with Gasteiger partial charge in [0.2, 0.25) is 12.7 Å². The molecule has 4 fully saturated rings. The van der Waals surface area contributed by atoms with Crippen LogP contribution in [0.5, 0.6) is 11.5 Å². The Bertz CT molecular complexity index is 855. The summed E-state index contributed by atoms with van der Waals surface area (Å²) in [6.07, 6.45) is 6.85. The summed E-state index contributed by atoms with van der Waals surface area (Å²) in [5.41, 5.74) is 2.10. The predicted molar refractivity (Wildman–Crippen MR) is 111 cm³/mol. The number of nitrogens with zero attached hydrogens (tertiary/aromatic N) is 1. The second kappa shape index (κ2) is 6.86. The molecule has 1 aromatic rings. The van der Waals surface area contributed by atoms with E-state index in [1.807, 2.05) is 13.0 Å². The Kier molecular flexibility index (Phi) is 4.33. The standard InChI is InChI=1S/C24H32N2O4/c1-14(23(27)25-21-17-8-15-9-18(21)12-24(28,10-15)11-17)26-6-4-16-2-3-20-22(30-13-29-20)19(16)5-7-26/h2-3,14-15,17-18,21,28H,4-13H2,1H3,(H,25,27). The minimum absolute atomic E-state index is 0.148.